The van der Waals surface area contributed by atoms with Crippen LogP contribution < -0.4 is 10.1 Å². The Labute approximate surface area is 183 Å². The number of carbonyl (C=O) groups excluding carboxylic acids is 2. The Morgan fingerprint density at radius 1 is 1.27 bits per heavy atom. The van der Waals surface area contributed by atoms with Crippen LogP contribution in [0, 0.1) is 0 Å². The summed E-state index contributed by atoms with van der Waals surface area (Å²) in [5.74, 6) is 2.37. The van der Waals surface area contributed by atoms with Gasteiger partial charge in [0, 0.05) is 12.0 Å². The molecule has 0 saturated heterocycles. The number of hydrogen-bond acceptors (Lipinski definition) is 6. The number of benzene rings is 1. The zero-order chi connectivity index (χ0) is 21.1. The van der Waals surface area contributed by atoms with Crippen LogP contribution in [0.2, 0.25) is 0 Å². The second-order valence-corrected chi connectivity index (χ2v) is 9.62. The van der Waals surface area contributed by atoms with Crippen LogP contribution in [0.4, 0.5) is 0 Å². The quantitative estimate of drug-likeness (QED) is 0.504. The molecule has 2 heterocycles. The van der Waals surface area contributed by atoms with E-state index < -0.39 is 0 Å². The van der Waals surface area contributed by atoms with Crippen molar-refractivity contribution < 1.29 is 18.7 Å². The number of ketones is 1. The molecule has 0 aliphatic heterocycles. The van der Waals surface area contributed by atoms with Crippen molar-refractivity contribution in [2.45, 2.75) is 36.4 Å². The lowest BCUT2D eigenvalue weighted by Gasteiger charge is -2.23. The second-order valence-electron chi connectivity index (χ2n) is 7.07. The van der Waals surface area contributed by atoms with Crippen LogP contribution in [0.1, 0.15) is 56.2 Å². The molecule has 1 unspecified atom stereocenters. The molecule has 3 aromatic rings. The van der Waals surface area contributed by atoms with Gasteiger partial charge in [-0.15, -0.1) is 23.1 Å². The number of furan rings is 1. The maximum atomic E-state index is 13.1. The van der Waals surface area contributed by atoms with Gasteiger partial charge in [-0.1, -0.05) is 19.1 Å². The number of methoxy groups -OCH3 is 1. The molecule has 1 atom stereocenters. The first kappa shape index (κ1) is 20.8. The van der Waals surface area contributed by atoms with Crippen molar-refractivity contribution in [1.82, 2.24) is 5.32 Å². The monoisotopic (exact) mass is 441 g/mol. The number of carbonyl (C=O) groups is 2. The second kappa shape index (κ2) is 9.10. The molecule has 7 heteroatoms. The van der Waals surface area contributed by atoms with E-state index in [2.05, 4.69) is 12.2 Å². The predicted molar refractivity (Wildman–Crippen MR) is 119 cm³/mol. The van der Waals surface area contributed by atoms with Crippen molar-refractivity contribution in [3.8, 4) is 5.75 Å². The minimum atomic E-state index is -0.154. The van der Waals surface area contributed by atoms with Gasteiger partial charge in [-0.2, -0.15) is 0 Å². The Morgan fingerprint density at radius 2 is 2.07 bits per heavy atom. The van der Waals surface area contributed by atoms with E-state index >= 15 is 0 Å². The number of fused-ring (bicyclic) bond motifs is 1. The number of hydrogen-bond donors (Lipinski definition) is 1. The summed E-state index contributed by atoms with van der Waals surface area (Å²) >= 11 is 3.06. The maximum absolute atomic E-state index is 13.1. The summed E-state index contributed by atoms with van der Waals surface area (Å²) in [6.45, 7) is 2.38. The molecule has 1 aliphatic rings. The van der Waals surface area contributed by atoms with E-state index in [9.17, 15) is 9.59 Å². The molecule has 30 heavy (non-hydrogen) atoms. The largest absolute Gasteiger partial charge is 0.497 e. The zero-order valence-electron chi connectivity index (χ0n) is 16.9. The number of Topliss-reactive ketones (excluding diaryl/α,β-unsaturated/α-hetero) is 1. The van der Waals surface area contributed by atoms with Crippen molar-refractivity contribution in [3.05, 3.63) is 70.0 Å². The van der Waals surface area contributed by atoms with Gasteiger partial charge in [-0.05, 0) is 53.5 Å². The van der Waals surface area contributed by atoms with E-state index in [0.29, 0.717) is 30.0 Å². The van der Waals surface area contributed by atoms with Crippen LogP contribution in [-0.2, 0) is 13.0 Å². The Kier molecular flexibility index (Phi) is 6.29. The molecular formula is C23H23NO4S2. The fraction of sp³-hybridized carbons (Fsp3) is 0.304. The Hall–Kier alpha value is -2.51. The topological polar surface area (TPSA) is 68.5 Å². The fourth-order valence-electron chi connectivity index (χ4n) is 3.75. The molecular weight excluding hydrogens is 418 g/mol. The molecule has 1 amide bonds. The summed E-state index contributed by atoms with van der Waals surface area (Å²) < 4.78 is 11.5. The average molecular weight is 442 g/mol. The highest BCUT2D eigenvalue weighted by molar-refractivity contribution is 8.01. The van der Waals surface area contributed by atoms with E-state index in [1.807, 2.05) is 30.3 Å². The molecule has 4 rings (SSSR count). The van der Waals surface area contributed by atoms with Gasteiger partial charge in [0.1, 0.15) is 11.5 Å². The molecule has 0 fully saturated rings. The van der Waals surface area contributed by atoms with Gasteiger partial charge >= 0.3 is 0 Å². The molecule has 0 radical (unpaired) electrons. The Bertz CT molecular complexity index is 1040. The number of nitrogens with one attached hydrogen (secondary N) is 1. The standard InChI is InChI=1S/C23H23NO4S2/c1-3-29-23-20-18(21(30-23)22(26)24-13-17-5-4-10-28-17)11-15(12-19(20)25)14-6-8-16(27-2)9-7-14/h4-10,15H,3,11-13H2,1-2H3,(H,24,26). The SMILES string of the molecule is CCSc1sc(C(=O)NCc2ccco2)c2c1C(=O)CC(c1ccc(OC)cc1)C2. The third-order valence-electron chi connectivity index (χ3n) is 5.21. The number of thioether (sulfide) groups is 1. The molecule has 0 bridgehead atoms. The molecule has 5 nitrogen and oxygen atoms in total. The number of rotatable bonds is 7. The first-order valence-electron chi connectivity index (χ1n) is 9.86. The van der Waals surface area contributed by atoms with Gasteiger partial charge < -0.3 is 14.5 Å². The number of thiophene rings is 1. The van der Waals surface area contributed by atoms with E-state index in [0.717, 1.165) is 32.4 Å². The van der Waals surface area contributed by atoms with Crippen LogP contribution in [0.15, 0.2) is 51.3 Å². The number of ether oxygens (including phenoxy) is 1. The lowest BCUT2D eigenvalue weighted by molar-refractivity contribution is 0.0950. The van der Waals surface area contributed by atoms with Gasteiger partial charge in [0.05, 0.1) is 29.0 Å². The van der Waals surface area contributed by atoms with Crippen molar-refractivity contribution in [3.63, 3.8) is 0 Å². The summed E-state index contributed by atoms with van der Waals surface area (Å²) in [5, 5.41) is 2.93. The van der Waals surface area contributed by atoms with Crippen LogP contribution in [-0.4, -0.2) is 24.6 Å². The van der Waals surface area contributed by atoms with Gasteiger partial charge in [-0.3, -0.25) is 9.59 Å². The Morgan fingerprint density at radius 3 is 2.73 bits per heavy atom. The third-order valence-corrected chi connectivity index (χ3v) is 7.59. The summed E-state index contributed by atoms with van der Waals surface area (Å²) in [6.07, 6.45) is 2.72. The third kappa shape index (κ3) is 4.18. The van der Waals surface area contributed by atoms with Crippen LogP contribution in [0.25, 0.3) is 0 Å². The molecule has 0 saturated carbocycles. The minimum absolute atomic E-state index is 0.0570. The van der Waals surface area contributed by atoms with Crippen molar-refractivity contribution in [2.24, 2.45) is 0 Å². The van der Waals surface area contributed by atoms with Crippen molar-refractivity contribution in [1.29, 1.82) is 0 Å². The minimum Gasteiger partial charge on any atom is -0.497 e. The zero-order valence-corrected chi connectivity index (χ0v) is 18.5. The predicted octanol–water partition coefficient (Wildman–Crippen LogP) is 5.30. The summed E-state index contributed by atoms with van der Waals surface area (Å²) in [6, 6.07) is 11.5. The summed E-state index contributed by atoms with van der Waals surface area (Å²) in [7, 11) is 1.64. The van der Waals surface area contributed by atoms with Crippen molar-refractivity contribution >= 4 is 34.8 Å². The lowest BCUT2D eigenvalue weighted by Crippen LogP contribution is -2.25. The molecule has 156 valence electrons. The lowest BCUT2D eigenvalue weighted by atomic mass is 9.80. The van der Waals surface area contributed by atoms with Gasteiger partial charge in [0.15, 0.2) is 5.78 Å². The van der Waals surface area contributed by atoms with Crippen molar-refractivity contribution in [2.75, 3.05) is 12.9 Å². The Balaban J connectivity index is 1.63. The summed E-state index contributed by atoms with van der Waals surface area (Å²) in [5.41, 5.74) is 2.72. The highest BCUT2D eigenvalue weighted by Crippen LogP contribution is 2.44. The van der Waals surface area contributed by atoms with Gasteiger partial charge in [0.2, 0.25) is 0 Å². The number of amides is 1. The molecule has 0 spiro atoms. The van der Waals surface area contributed by atoms with Gasteiger partial charge in [0.25, 0.3) is 5.91 Å². The normalized spacial score (nSPS) is 15.7. The molecule has 1 aromatic carbocycles. The van der Waals surface area contributed by atoms with E-state index in [-0.39, 0.29) is 17.6 Å². The smallest absolute Gasteiger partial charge is 0.262 e. The van der Waals surface area contributed by atoms with Crippen LogP contribution >= 0.6 is 23.1 Å². The molecule has 1 N–H and O–H groups in total. The fourth-order valence-corrected chi connectivity index (χ4v) is 6.23. The highest BCUT2D eigenvalue weighted by atomic mass is 32.2. The molecule has 2 aromatic heterocycles. The molecule has 1 aliphatic carbocycles. The van der Waals surface area contributed by atoms with E-state index in [4.69, 9.17) is 9.15 Å². The van der Waals surface area contributed by atoms with E-state index in [1.165, 1.54) is 11.3 Å². The maximum Gasteiger partial charge on any atom is 0.262 e. The first-order chi connectivity index (χ1) is 14.6. The van der Waals surface area contributed by atoms with Gasteiger partial charge in [-0.25, -0.2) is 0 Å². The summed E-state index contributed by atoms with van der Waals surface area (Å²) in [4.78, 5) is 26.7. The average Bonchev–Trinajstić information content (AvgIpc) is 3.41. The van der Waals surface area contributed by atoms with E-state index in [1.54, 1.807) is 31.2 Å². The highest BCUT2D eigenvalue weighted by Gasteiger charge is 2.34. The van der Waals surface area contributed by atoms with Crippen LogP contribution in [0.3, 0.4) is 0 Å². The first-order valence-corrected chi connectivity index (χ1v) is 11.7. The van der Waals surface area contributed by atoms with Crippen LogP contribution in [0.5, 0.6) is 5.75 Å².